The van der Waals surface area contributed by atoms with Crippen LogP contribution >= 0.6 is 0 Å². The molecule has 20 nitrogen and oxygen atoms in total. The second kappa shape index (κ2) is 44.2. The van der Waals surface area contributed by atoms with Gasteiger partial charge < -0.3 is 85.7 Å². The average Bonchev–Trinajstić information content (AvgIpc) is 0.667. The minimum Gasteiger partial charge on any atom is -0.481 e. The van der Waals surface area contributed by atoms with Crippen LogP contribution in [0.15, 0.2) is 315 Å². The van der Waals surface area contributed by atoms with Crippen molar-refractivity contribution in [3.05, 3.63) is 371 Å². The van der Waals surface area contributed by atoms with E-state index >= 15 is 9.59 Å². The van der Waals surface area contributed by atoms with Crippen molar-refractivity contribution in [2.75, 3.05) is 13.2 Å². The van der Waals surface area contributed by atoms with Gasteiger partial charge in [0.05, 0.1) is 90.3 Å². The molecule has 3 saturated heterocycles. The number of hydrogen-bond acceptors (Lipinski definition) is 19. The van der Waals surface area contributed by atoms with E-state index in [0.717, 1.165) is 69.2 Å². The Kier molecular flexibility index (Phi) is 31.3. The maximum absolute atomic E-state index is 16.5. The summed E-state index contributed by atoms with van der Waals surface area (Å²) >= 11 is 0. The summed E-state index contributed by atoms with van der Waals surface area (Å²) in [5, 5.41) is 11.9. The number of rotatable bonds is 39. The van der Waals surface area contributed by atoms with Gasteiger partial charge in [-0.15, -0.1) is 0 Å². The molecule has 0 amide bonds. The predicted octanol–water partition coefficient (Wildman–Crippen LogP) is 21.3. The van der Waals surface area contributed by atoms with Gasteiger partial charge in [-0.3, -0.25) is 4.79 Å². The second-order valence-electron chi connectivity index (χ2n) is 40.6. The Hall–Kier alpha value is -10.1. The van der Waals surface area contributed by atoms with Crippen LogP contribution in [0, 0.1) is 50.2 Å². The summed E-state index contributed by atoms with van der Waals surface area (Å²) in [6, 6.07) is 98.8. The zero-order valence-corrected chi connectivity index (χ0v) is 79.5. The highest BCUT2D eigenvalue weighted by molar-refractivity contribution is 5.78. The number of aldehydes is 1. The van der Waals surface area contributed by atoms with Crippen LogP contribution in [0.1, 0.15) is 155 Å². The number of benzene rings is 10. The molecule has 20 heteroatoms. The van der Waals surface area contributed by atoms with Crippen molar-refractivity contribution in [1.82, 2.24) is 0 Å². The standard InChI is InChI=1S/C117H132O20/c1-112(2)63-64-117(111(120)121)91(65-112)90-57-58-95-113(3)61-60-96(114(4,79-118)94(113)59-62-115(95,5)116(90,6)66-97(117)124-69-82-41-21-9-22-42-82)134-110-106(137-109-105(130-75-88-53-33-15-34-54-88)100(127-72-85-47-27-12-28-48-85)99(126-71-84-45-25-11-26-46-84)93(133-109)77-122-67-80-37-17-7-18-38-80)102(101(128-73-86-49-29-13-30-50-86)103(136-110)107(119)131-76-89-55-35-16-36-56-89)135-108-104(129-74-87-51-31-14-32-52-87)98(125-70-83-43-23-10-24-44-83)92(78-132-108)123-68-81-39-19-8-20-40-81/h7-57,79,91-106,108-110H,58-78H2,1-6H3,(H,120,121)/t91?,92-,93-,94?,95?,96+,97-,98+,99+,100+,101+,102+,103+,104-,105-,106-,108+,109-,110-,113+,114+,115-,116-,117-/m1/s1. The van der Waals surface area contributed by atoms with Crippen molar-refractivity contribution in [3.8, 4) is 0 Å². The van der Waals surface area contributed by atoms with Crippen LogP contribution in [0.2, 0.25) is 0 Å². The van der Waals surface area contributed by atoms with Gasteiger partial charge in [-0.2, -0.15) is 0 Å². The summed E-state index contributed by atoms with van der Waals surface area (Å²) in [6.07, 6.45) is -10.4. The van der Waals surface area contributed by atoms with Gasteiger partial charge in [0, 0.05) is 0 Å². The van der Waals surface area contributed by atoms with E-state index in [1.807, 2.05) is 298 Å². The fraction of sp³-hybridized carbons (Fsp3) is 0.444. The number of carbonyl (C=O) groups excluding carboxylic acids is 2. The van der Waals surface area contributed by atoms with E-state index in [9.17, 15) is 9.90 Å². The molecule has 3 heterocycles. The van der Waals surface area contributed by atoms with Crippen LogP contribution in [-0.4, -0.2) is 135 Å². The number of esters is 1. The Labute approximate surface area is 806 Å². The Bertz CT molecular complexity index is 5500. The van der Waals surface area contributed by atoms with Gasteiger partial charge in [-0.25, -0.2) is 4.79 Å². The Balaban J connectivity index is 0.789. The van der Waals surface area contributed by atoms with Gasteiger partial charge in [-0.05, 0) is 153 Å². The maximum atomic E-state index is 16.5. The largest absolute Gasteiger partial charge is 0.481 e. The lowest BCUT2D eigenvalue weighted by molar-refractivity contribution is -0.402. The molecule has 3 aliphatic heterocycles. The van der Waals surface area contributed by atoms with Gasteiger partial charge in [0.2, 0.25) is 0 Å². The minimum absolute atomic E-state index is 0.00679. The maximum Gasteiger partial charge on any atom is 0.338 e. The van der Waals surface area contributed by atoms with Crippen molar-refractivity contribution in [3.63, 3.8) is 0 Å². The van der Waals surface area contributed by atoms with E-state index in [4.69, 9.17) is 75.8 Å². The molecule has 0 aromatic heterocycles. The Morgan fingerprint density at radius 2 is 0.788 bits per heavy atom. The molecule has 3 unspecified atom stereocenters. The first-order valence-corrected chi connectivity index (χ1v) is 49.1. The smallest absolute Gasteiger partial charge is 0.338 e. The highest BCUT2D eigenvalue weighted by atomic mass is 16.8. The number of allylic oxidation sites excluding steroid dienone is 2. The Morgan fingerprint density at radius 3 is 1.26 bits per heavy atom. The van der Waals surface area contributed by atoms with Crippen molar-refractivity contribution < 1.29 is 95.3 Å². The lowest BCUT2D eigenvalue weighted by Crippen LogP contribution is -2.70. The second-order valence-corrected chi connectivity index (χ2v) is 40.6. The highest BCUT2D eigenvalue weighted by Gasteiger charge is 2.73. The third-order valence-electron chi connectivity index (χ3n) is 31.5. The third-order valence-corrected chi connectivity index (χ3v) is 31.5. The van der Waals surface area contributed by atoms with Gasteiger partial charge in [-0.1, -0.05) is 357 Å². The summed E-state index contributed by atoms with van der Waals surface area (Å²) in [4.78, 5) is 46.7. The Morgan fingerprint density at radius 1 is 0.380 bits per heavy atom. The van der Waals surface area contributed by atoms with Gasteiger partial charge in [0.1, 0.15) is 79.3 Å². The number of hydrogen-bond donors (Lipinski definition) is 1. The predicted molar refractivity (Wildman–Crippen MR) is 517 cm³/mol. The molecular formula is C117H132O20. The van der Waals surface area contributed by atoms with Gasteiger partial charge >= 0.3 is 11.9 Å². The monoisotopic (exact) mass is 1860 g/mol. The molecule has 10 aromatic rings. The van der Waals surface area contributed by atoms with Gasteiger partial charge in [0.25, 0.3) is 0 Å². The zero-order valence-electron chi connectivity index (χ0n) is 79.5. The molecule has 0 radical (unpaired) electrons. The molecule has 5 aliphatic carbocycles. The van der Waals surface area contributed by atoms with Crippen LogP contribution in [0.5, 0.6) is 0 Å². The van der Waals surface area contributed by atoms with E-state index in [2.05, 4.69) is 52.8 Å². The molecule has 720 valence electrons. The molecular weight excluding hydrogens is 1730 g/mol. The summed E-state index contributed by atoms with van der Waals surface area (Å²) in [5.41, 5.74) is 5.97. The minimum atomic E-state index is -1.69. The molecule has 24 atom stereocenters. The number of ether oxygens (including phenoxy) is 16. The first kappa shape index (κ1) is 97.2. The summed E-state index contributed by atoms with van der Waals surface area (Å²) in [5.74, 6) is -2.17. The molecule has 18 rings (SSSR count). The topological polar surface area (TPSA) is 219 Å². The number of carbonyl (C=O) groups is 3. The molecule has 1 N–H and O–H groups in total. The SMILES string of the molecule is CC1(C)CC[C@@]2(C(=O)O)C(C1)C1=CCC3[C@@]4(C)CC[C@H](O[C@@H]5O[C@H](C(=O)OCc6ccccc6)[C@@H](OCc6ccccc6)[C@H](O[C@@H]6OC[C@@H](OCc7ccccc7)[C@H](OCc7ccccc7)[C@H]6OCc6ccccc6)[C@H]5O[C@H]5O[C@H](COCc6ccccc6)[C@H](OCc6ccccc6)[C@H](OCc6ccccc6)[C@H]5OCc5ccccc5)[C@@](C)(C=O)C4CC[C@@]3(C)[C@]1(C)C[C@H]2OCc1ccccc1. The molecule has 137 heavy (non-hydrogen) atoms. The lowest BCUT2D eigenvalue weighted by atomic mass is 9.33. The number of carboxylic acid groups (broad SMARTS) is 1. The van der Waals surface area contributed by atoms with Crippen molar-refractivity contribution >= 4 is 18.2 Å². The molecule has 4 saturated carbocycles. The van der Waals surface area contributed by atoms with E-state index < -0.39 is 137 Å². The molecule has 0 bridgehead atoms. The van der Waals surface area contributed by atoms with Crippen LogP contribution in [0.3, 0.4) is 0 Å². The quantitative estimate of drug-likeness (QED) is 0.0164. The molecule has 0 spiro atoms. The fourth-order valence-corrected chi connectivity index (χ4v) is 23.9. The summed E-state index contributed by atoms with van der Waals surface area (Å²) in [7, 11) is 0. The number of carboxylic acids is 1. The zero-order chi connectivity index (χ0) is 94.4. The van der Waals surface area contributed by atoms with Crippen LogP contribution in [-0.2, 0) is 156 Å². The number of fused-ring (bicyclic) bond motifs is 7. The molecule has 10 aromatic carbocycles. The highest BCUT2D eigenvalue weighted by Crippen LogP contribution is 2.76. The summed E-state index contributed by atoms with van der Waals surface area (Å²) < 4.78 is 119. The third kappa shape index (κ3) is 21.8. The van der Waals surface area contributed by atoms with Crippen LogP contribution in [0.25, 0.3) is 0 Å². The molecule has 8 aliphatic rings. The van der Waals surface area contributed by atoms with Crippen LogP contribution in [0.4, 0.5) is 0 Å². The van der Waals surface area contributed by atoms with Gasteiger partial charge in [0.15, 0.2) is 25.0 Å². The van der Waals surface area contributed by atoms with E-state index in [0.29, 0.717) is 50.5 Å². The first-order chi connectivity index (χ1) is 66.8. The fourth-order valence-electron chi connectivity index (χ4n) is 23.9. The lowest BCUT2D eigenvalue weighted by Gasteiger charge is -2.71. The average molecular weight is 1860 g/mol. The van der Waals surface area contributed by atoms with E-state index in [1.54, 1.807) is 0 Å². The van der Waals surface area contributed by atoms with Crippen molar-refractivity contribution in [2.24, 2.45) is 50.2 Å². The van der Waals surface area contributed by atoms with Crippen molar-refractivity contribution in [1.29, 1.82) is 0 Å². The molecule has 7 fully saturated rings. The van der Waals surface area contributed by atoms with E-state index in [1.165, 1.54) is 5.57 Å². The van der Waals surface area contributed by atoms with Crippen molar-refractivity contribution in [2.45, 2.75) is 264 Å². The normalized spacial score (nSPS) is 32.2. The van der Waals surface area contributed by atoms with E-state index in [-0.39, 0.29) is 102 Å². The van der Waals surface area contributed by atoms with Crippen LogP contribution < -0.4 is 0 Å². The number of aliphatic carboxylic acids is 1. The first-order valence-electron chi connectivity index (χ1n) is 49.1. The summed E-state index contributed by atoms with van der Waals surface area (Å²) in [6.45, 7) is 14.7.